The van der Waals surface area contributed by atoms with Crippen LogP contribution in [0.3, 0.4) is 0 Å². The van der Waals surface area contributed by atoms with Crippen LogP contribution in [0.25, 0.3) is 0 Å². The van der Waals surface area contributed by atoms with E-state index in [4.69, 9.17) is 9.84 Å². The van der Waals surface area contributed by atoms with Gasteiger partial charge >= 0.3 is 5.97 Å². The number of benzene rings is 1. The van der Waals surface area contributed by atoms with Gasteiger partial charge in [-0.15, -0.1) is 0 Å². The second-order valence-electron chi connectivity index (χ2n) is 4.44. The third-order valence-corrected chi connectivity index (χ3v) is 3.41. The Bertz CT molecular complexity index is 396. The van der Waals surface area contributed by atoms with E-state index in [1.54, 1.807) is 7.11 Å². The van der Waals surface area contributed by atoms with E-state index < -0.39 is 11.5 Å². The molecule has 4 nitrogen and oxygen atoms in total. The molecular formula is C13H17NO3. The lowest BCUT2D eigenvalue weighted by Crippen LogP contribution is -2.56. The van der Waals surface area contributed by atoms with Crippen LogP contribution in [-0.2, 0) is 11.3 Å². The first-order valence-electron chi connectivity index (χ1n) is 5.78. The van der Waals surface area contributed by atoms with Crippen molar-refractivity contribution >= 4 is 5.97 Å². The first-order valence-corrected chi connectivity index (χ1v) is 5.78. The molecule has 0 atom stereocenters. The molecule has 0 saturated heterocycles. The Labute approximate surface area is 101 Å². The minimum Gasteiger partial charge on any atom is -0.497 e. The molecule has 4 heteroatoms. The molecule has 0 amide bonds. The van der Waals surface area contributed by atoms with Gasteiger partial charge in [-0.1, -0.05) is 12.1 Å². The molecule has 0 radical (unpaired) electrons. The number of hydrogen-bond donors (Lipinski definition) is 2. The first-order chi connectivity index (χ1) is 8.16. The van der Waals surface area contributed by atoms with Crippen molar-refractivity contribution < 1.29 is 14.6 Å². The summed E-state index contributed by atoms with van der Waals surface area (Å²) < 4.78 is 5.07. The molecule has 2 N–H and O–H groups in total. The van der Waals surface area contributed by atoms with E-state index in [-0.39, 0.29) is 0 Å². The van der Waals surface area contributed by atoms with Gasteiger partial charge in [-0.2, -0.15) is 0 Å². The Morgan fingerprint density at radius 2 is 2.06 bits per heavy atom. The highest BCUT2D eigenvalue weighted by molar-refractivity contribution is 5.79. The molecule has 1 aromatic carbocycles. The lowest BCUT2D eigenvalue weighted by molar-refractivity contribution is -0.148. The second-order valence-corrected chi connectivity index (χ2v) is 4.44. The smallest absolute Gasteiger partial charge is 0.323 e. The number of carboxylic acids is 1. The molecule has 0 aliphatic heterocycles. The highest BCUT2D eigenvalue weighted by Crippen LogP contribution is 2.32. The van der Waals surface area contributed by atoms with Crippen LogP contribution < -0.4 is 10.1 Å². The zero-order chi connectivity index (χ0) is 12.3. The fourth-order valence-electron chi connectivity index (χ4n) is 2.01. The fourth-order valence-corrected chi connectivity index (χ4v) is 2.01. The third kappa shape index (κ3) is 2.42. The number of rotatable bonds is 5. The maximum Gasteiger partial charge on any atom is 0.323 e. The van der Waals surface area contributed by atoms with Crippen molar-refractivity contribution in [2.24, 2.45) is 0 Å². The molecule has 1 aromatic rings. The van der Waals surface area contributed by atoms with Crippen LogP contribution in [0, 0.1) is 0 Å². The second kappa shape index (κ2) is 4.75. The molecule has 1 aliphatic carbocycles. The molecule has 1 saturated carbocycles. The zero-order valence-electron chi connectivity index (χ0n) is 9.90. The molecule has 92 valence electrons. The van der Waals surface area contributed by atoms with Gasteiger partial charge < -0.3 is 9.84 Å². The van der Waals surface area contributed by atoms with Crippen LogP contribution in [0.15, 0.2) is 24.3 Å². The summed E-state index contributed by atoms with van der Waals surface area (Å²) in [6.45, 7) is 0.580. The summed E-state index contributed by atoms with van der Waals surface area (Å²) in [7, 11) is 1.63. The van der Waals surface area contributed by atoms with E-state index in [2.05, 4.69) is 5.32 Å². The van der Waals surface area contributed by atoms with Gasteiger partial charge in [0.15, 0.2) is 0 Å². The van der Waals surface area contributed by atoms with Crippen molar-refractivity contribution in [3.63, 3.8) is 0 Å². The maximum absolute atomic E-state index is 11.1. The molecule has 2 rings (SSSR count). The molecule has 1 aliphatic rings. The van der Waals surface area contributed by atoms with Gasteiger partial charge in [0, 0.05) is 6.54 Å². The largest absolute Gasteiger partial charge is 0.497 e. The first kappa shape index (κ1) is 11.9. The van der Waals surface area contributed by atoms with E-state index in [1.807, 2.05) is 24.3 Å². The Balaban J connectivity index is 1.94. The monoisotopic (exact) mass is 235 g/mol. The van der Waals surface area contributed by atoms with Crippen LogP contribution in [0.5, 0.6) is 5.75 Å². The molecule has 0 spiro atoms. The number of nitrogens with one attached hydrogen (secondary N) is 1. The molecule has 0 unspecified atom stereocenters. The normalized spacial score (nSPS) is 17.2. The summed E-state index contributed by atoms with van der Waals surface area (Å²) in [5, 5.41) is 12.3. The average Bonchev–Trinajstić information content (AvgIpc) is 2.28. The molecular weight excluding hydrogens is 218 g/mol. The molecule has 17 heavy (non-hydrogen) atoms. The number of methoxy groups -OCH3 is 1. The molecule has 0 aromatic heterocycles. The summed E-state index contributed by atoms with van der Waals surface area (Å²) in [4.78, 5) is 11.1. The Hall–Kier alpha value is -1.55. The van der Waals surface area contributed by atoms with Crippen LogP contribution >= 0.6 is 0 Å². The fraction of sp³-hybridized carbons (Fsp3) is 0.462. The van der Waals surface area contributed by atoms with E-state index >= 15 is 0 Å². The number of carbonyl (C=O) groups is 1. The van der Waals surface area contributed by atoms with Crippen molar-refractivity contribution in [3.05, 3.63) is 29.8 Å². The third-order valence-electron chi connectivity index (χ3n) is 3.41. The minimum atomic E-state index is -0.739. The summed E-state index contributed by atoms with van der Waals surface area (Å²) in [6, 6.07) is 7.65. The Morgan fingerprint density at radius 3 is 2.47 bits per heavy atom. The predicted octanol–water partition coefficient (Wildman–Crippen LogP) is 1.79. The summed E-state index contributed by atoms with van der Waals surface area (Å²) in [6.07, 6.45) is 2.43. The lowest BCUT2D eigenvalue weighted by Gasteiger charge is -2.38. The quantitative estimate of drug-likeness (QED) is 0.817. The van der Waals surface area contributed by atoms with Crippen LogP contribution in [0.4, 0.5) is 0 Å². The van der Waals surface area contributed by atoms with Crippen molar-refractivity contribution in [1.29, 1.82) is 0 Å². The van der Waals surface area contributed by atoms with Crippen molar-refractivity contribution in [3.8, 4) is 5.75 Å². The van der Waals surface area contributed by atoms with Crippen molar-refractivity contribution in [2.45, 2.75) is 31.3 Å². The molecule has 1 fully saturated rings. The Kier molecular flexibility index (Phi) is 3.33. The van der Waals surface area contributed by atoms with Crippen LogP contribution in [0.2, 0.25) is 0 Å². The highest BCUT2D eigenvalue weighted by Gasteiger charge is 2.43. The van der Waals surface area contributed by atoms with Gasteiger partial charge in [-0.3, -0.25) is 10.1 Å². The van der Waals surface area contributed by atoms with E-state index in [0.29, 0.717) is 6.54 Å². The number of ether oxygens (including phenoxy) is 1. The van der Waals surface area contributed by atoms with Gasteiger partial charge in [-0.05, 0) is 37.0 Å². The highest BCUT2D eigenvalue weighted by atomic mass is 16.5. The van der Waals surface area contributed by atoms with Crippen molar-refractivity contribution in [1.82, 2.24) is 5.32 Å². The summed E-state index contributed by atoms with van der Waals surface area (Å²) in [5.41, 5.74) is 0.373. The predicted molar refractivity (Wildman–Crippen MR) is 64.1 cm³/mol. The molecule has 0 heterocycles. The molecule has 0 bridgehead atoms. The zero-order valence-corrected chi connectivity index (χ0v) is 9.90. The topological polar surface area (TPSA) is 58.6 Å². The van der Waals surface area contributed by atoms with Gasteiger partial charge in [0.2, 0.25) is 0 Å². The summed E-state index contributed by atoms with van der Waals surface area (Å²) >= 11 is 0. The SMILES string of the molecule is COc1ccc(CNC2(C(=O)O)CCC2)cc1. The lowest BCUT2D eigenvalue weighted by atomic mass is 9.76. The summed E-state index contributed by atoms with van der Waals surface area (Å²) in [5.74, 6) is 0.0719. The number of aliphatic carboxylic acids is 1. The number of carboxylic acid groups (broad SMARTS) is 1. The minimum absolute atomic E-state index is 0.580. The maximum atomic E-state index is 11.1. The van der Waals surface area contributed by atoms with Gasteiger partial charge in [0.25, 0.3) is 0 Å². The van der Waals surface area contributed by atoms with E-state index in [1.165, 1.54) is 0 Å². The average molecular weight is 235 g/mol. The Morgan fingerprint density at radius 1 is 1.41 bits per heavy atom. The van der Waals surface area contributed by atoms with Gasteiger partial charge in [0.05, 0.1) is 7.11 Å². The van der Waals surface area contributed by atoms with Crippen LogP contribution in [0.1, 0.15) is 24.8 Å². The number of hydrogen-bond acceptors (Lipinski definition) is 3. The van der Waals surface area contributed by atoms with E-state index in [9.17, 15) is 4.79 Å². The van der Waals surface area contributed by atoms with Crippen LogP contribution in [-0.4, -0.2) is 23.7 Å². The van der Waals surface area contributed by atoms with Gasteiger partial charge in [-0.25, -0.2) is 0 Å². The van der Waals surface area contributed by atoms with E-state index in [0.717, 1.165) is 30.6 Å². The standard InChI is InChI=1S/C13H17NO3/c1-17-11-5-3-10(4-6-11)9-14-13(12(15)16)7-2-8-13/h3-6,14H,2,7-9H2,1H3,(H,15,16). The van der Waals surface area contributed by atoms with Crippen molar-refractivity contribution in [2.75, 3.05) is 7.11 Å². The van der Waals surface area contributed by atoms with Gasteiger partial charge in [0.1, 0.15) is 11.3 Å².